The van der Waals surface area contributed by atoms with E-state index in [9.17, 15) is 4.79 Å². The molecule has 1 fully saturated rings. The van der Waals surface area contributed by atoms with Crippen LogP contribution in [-0.2, 0) is 6.42 Å². The topological polar surface area (TPSA) is 72.7 Å². The van der Waals surface area contributed by atoms with Gasteiger partial charge in [0.1, 0.15) is 5.01 Å². The van der Waals surface area contributed by atoms with Crippen LogP contribution in [0.5, 0.6) is 0 Å². The molecule has 1 aliphatic carbocycles. The van der Waals surface area contributed by atoms with Gasteiger partial charge in [0.15, 0.2) is 0 Å². The molecule has 2 heterocycles. The Morgan fingerprint density at radius 2 is 2.18 bits per heavy atom. The Morgan fingerprint density at radius 3 is 2.89 bits per heavy atom. The van der Waals surface area contributed by atoms with Crippen molar-refractivity contribution in [2.45, 2.75) is 51.9 Å². The highest BCUT2D eigenvalue weighted by molar-refractivity contribution is 7.15. The second-order valence-corrected chi connectivity index (χ2v) is 8.59. The highest BCUT2D eigenvalue weighted by atomic mass is 35.5. The van der Waals surface area contributed by atoms with Crippen LogP contribution in [0.25, 0.3) is 5.69 Å². The molecule has 2 aromatic heterocycles. The molecule has 1 aliphatic rings. The molecule has 1 saturated carbocycles. The number of carbonyl (C=O) groups excluding carboxylic acids is 1. The van der Waals surface area contributed by atoms with Crippen molar-refractivity contribution in [2.75, 3.05) is 5.32 Å². The molecule has 6 nitrogen and oxygen atoms in total. The van der Waals surface area contributed by atoms with Crippen LogP contribution in [0.15, 0.2) is 24.4 Å². The molecule has 1 amide bonds. The Kier molecular flexibility index (Phi) is 5.46. The highest BCUT2D eigenvalue weighted by Crippen LogP contribution is 2.42. The minimum atomic E-state index is -0.190. The molecule has 8 heteroatoms. The summed E-state index contributed by atoms with van der Waals surface area (Å²) in [7, 11) is 0. The summed E-state index contributed by atoms with van der Waals surface area (Å²) in [5, 5.41) is 17.8. The normalized spacial score (nSPS) is 13.7. The van der Waals surface area contributed by atoms with Crippen molar-refractivity contribution in [3.8, 4) is 5.69 Å². The van der Waals surface area contributed by atoms with E-state index in [1.165, 1.54) is 11.3 Å². The monoisotopic (exact) mass is 415 g/mol. The van der Waals surface area contributed by atoms with Crippen molar-refractivity contribution >= 4 is 34.0 Å². The summed E-state index contributed by atoms with van der Waals surface area (Å²) >= 11 is 7.73. The molecule has 3 aromatic rings. The molecule has 0 saturated heterocycles. The van der Waals surface area contributed by atoms with Gasteiger partial charge in [-0.15, -0.1) is 10.2 Å². The van der Waals surface area contributed by atoms with E-state index in [0.29, 0.717) is 21.6 Å². The van der Waals surface area contributed by atoms with Gasteiger partial charge in [0, 0.05) is 17.4 Å². The largest absolute Gasteiger partial charge is 0.296 e. The van der Waals surface area contributed by atoms with E-state index >= 15 is 0 Å². The van der Waals surface area contributed by atoms with Crippen molar-refractivity contribution in [3.63, 3.8) is 0 Å². The molecular formula is C20H22ClN5OS. The molecule has 146 valence electrons. The third-order valence-corrected chi connectivity index (χ3v) is 6.15. The summed E-state index contributed by atoms with van der Waals surface area (Å²) < 4.78 is 1.84. The van der Waals surface area contributed by atoms with Gasteiger partial charge in [-0.05, 0) is 43.9 Å². The van der Waals surface area contributed by atoms with E-state index in [0.717, 1.165) is 54.1 Å². The first-order valence-corrected chi connectivity index (χ1v) is 10.7. The lowest BCUT2D eigenvalue weighted by molar-refractivity contribution is 0.102. The number of carbonyl (C=O) groups is 1. The van der Waals surface area contributed by atoms with Gasteiger partial charge < -0.3 is 0 Å². The molecule has 1 aromatic carbocycles. The highest BCUT2D eigenvalue weighted by Gasteiger charge is 2.33. The summed E-state index contributed by atoms with van der Waals surface area (Å²) in [6.45, 7) is 4.11. The van der Waals surface area contributed by atoms with Gasteiger partial charge in [-0.25, -0.2) is 4.68 Å². The molecule has 28 heavy (non-hydrogen) atoms. The maximum Gasteiger partial charge on any atom is 0.260 e. The average Bonchev–Trinajstić information content (AvgIpc) is 3.26. The molecular weight excluding hydrogens is 394 g/mol. The number of anilines is 1. The molecule has 0 aliphatic heterocycles. The van der Waals surface area contributed by atoms with Crippen LogP contribution in [0.1, 0.15) is 65.1 Å². The number of nitrogens with one attached hydrogen (secondary N) is 1. The summed E-state index contributed by atoms with van der Waals surface area (Å²) in [4.78, 5) is 12.9. The quantitative estimate of drug-likeness (QED) is 0.578. The summed E-state index contributed by atoms with van der Waals surface area (Å²) in [5.41, 5.74) is 3.41. The SMILES string of the molecule is CCCCc1nnc(NC(=O)c2cnn(-c3ccc(C)c(Cl)c3)c2C2CC2)s1. The zero-order chi connectivity index (χ0) is 19.7. The Bertz CT molecular complexity index is 1010. The molecule has 4 rings (SSSR count). The van der Waals surface area contributed by atoms with E-state index < -0.39 is 0 Å². The number of unbranched alkanes of at least 4 members (excludes halogenated alkanes) is 1. The van der Waals surface area contributed by atoms with Gasteiger partial charge in [-0.1, -0.05) is 42.3 Å². The summed E-state index contributed by atoms with van der Waals surface area (Å²) in [6, 6.07) is 5.84. The maximum atomic E-state index is 12.9. The Balaban J connectivity index is 1.59. The van der Waals surface area contributed by atoms with Gasteiger partial charge in [0.25, 0.3) is 5.91 Å². The number of hydrogen-bond donors (Lipinski definition) is 1. The molecule has 1 N–H and O–H groups in total. The van der Waals surface area contributed by atoms with Crippen molar-refractivity contribution < 1.29 is 4.79 Å². The lowest BCUT2D eigenvalue weighted by Gasteiger charge is -2.10. The van der Waals surface area contributed by atoms with Crippen LogP contribution in [0, 0.1) is 6.92 Å². The molecule has 0 bridgehead atoms. The lowest BCUT2D eigenvalue weighted by Crippen LogP contribution is -2.14. The van der Waals surface area contributed by atoms with E-state index in [2.05, 4.69) is 27.5 Å². The molecule has 0 spiro atoms. The maximum absolute atomic E-state index is 12.9. The van der Waals surface area contributed by atoms with E-state index in [4.69, 9.17) is 11.6 Å². The first-order valence-electron chi connectivity index (χ1n) is 9.55. The number of aryl methyl sites for hydroxylation is 2. The first kappa shape index (κ1) is 19.1. The van der Waals surface area contributed by atoms with Crippen molar-refractivity contribution in [1.82, 2.24) is 20.0 Å². The standard InChI is InChI=1S/C20H22ClN5OS/c1-3-4-5-17-24-25-20(28-17)23-19(27)15-11-22-26(18(15)13-7-8-13)14-9-6-12(2)16(21)10-14/h6,9-11,13H,3-5,7-8H2,1-2H3,(H,23,25,27). The fourth-order valence-corrected chi connectivity index (χ4v) is 4.05. The third kappa shape index (κ3) is 3.95. The number of rotatable bonds is 7. The number of hydrogen-bond acceptors (Lipinski definition) is 5. The number of benzene rings is 1. The fourth-order valence-electron chi connectivity index (χ4n) is 3.10. The first-order chi connectivity index (χ1) is 13.6. The van der Waals surface area contributed by atoms with Crippen LogP contribution >= 0.6 is 22.9 Å². The predicted octanol–water partition coefficient (Wildman–Crippen LogP) is 5.16. The van der Waals surface area contributed by atoms with Crippen LogP contribution in [-0.4, -0.2) is 25.9 Å². The minimum Gasteiger partial charge on any atom is -0.296 e. The Hall–Kier alpha value is -2.25. The zero-order valence-corrected chi connectivity index (χ0v) is 17.5. The molecule has 0 radical (unpaired) electrons. The Labute approximate surface area is 172 Å². The fraction of sp³-hybridized carbons (Fsp3) is 0.400. The van der Waals surface area contributed by atoms with E-state index in [-0.39, 0.29) is 5.91 Å². The van der Waals surface area contributed by atoms with Gasteiger partial charge in [0.05, 0.1) is 23.1 Å². The average molecular weight is 416 g/mol. The zero-order valence-electron chi connectivity index (χ0n) is 15.9. The van der Waals surface area contributed by atoms with Crippen molar-refractivity contribution in [3.05, 3.63) is 51.2 Å². The number of amides is 1. The molecule has 0 atom stereocenters. The number of aromatic nitrogens is 4. The predicted molar refractivity (Wildman–Crippen MR) is 112 cm³/mol. The van der Waals surface area contributed by atoms with Crippen LogP contribution in [0.4, 0.5) is 5.13 Å². The van der Waals surface area contributed by atoms with E-state index in [1.54, 1.807) is 6.20 Å². The van der Waals surface area contributed by atoms with Gasteiger partial charge in [-0.2, -0.15) is 5.10 Å². The summed E-state index contributed by atoms with van der Waals surface area (Å²) in [5.74, 6) is 0.155. The third-order valence-electron chi connectivity index (χ3n) is 4.85. The van der Waals surface area contributed by atoms with Crippen LogP contribution in [0.2, 0.25) is 5.02 Å². The van der Waals surface area contributed by atoms with Crippen LogP contribution in [0.3, 0.4) is 0 Å². The summed E-state index contributed by atoms with van der Waals surface area (Å²) in [6.07, 6.45) is 6.82. The van der Waals surface area contributed by atoms with Gasteiger partial charge in [-0.3, -0.25) is 10.1 Å². The molecule has 0 unspecified atom stereocenters. The second kappa shape index (κ2) is 8.01. The number of nitrogens with zero attached hydrogens (tertiary/aromatic N) is 4. The van der Waals surface area contributed by atoms with Gasteiger partial charge >= 0.3 is 0 Å². The van der Waals surface area contributed by atoms with Crippen molar-refractivity contribution in [1.29, 1.82) is 0 Å². The minimum absolute atomic E-state index is 0.190. The van der Waals surface area contributed by atoms with Gasteiger partial charge in [0.2, 0.25) is 5.13 Å². The smallest absolute Gasteiger partial charge is 0.260 e. The van der Waals surface area contributed by atoms with Crippen molar-refractivity contribution in [2.24, 2.45) is 0 Å². The van der Waals surface area contributed by atoms with Crippen LogP contribution < -0.4 is 5.32 Å². The lowest BCUT2D eigenvalue weighted by atomic mass is 10.1. The second-order valence-electron chi connectivity index (χ2n) is 7.12. The Morgan fingerprint density at radius 1 is 1.36 bits per heavy atom. The van der Waals surface area contributed by atoms with E-state index in [1.807, 2.05) is 29.8 Å². The number of halogens is 1.